The lowest BCUT2D eigenvalue weighted by atomic mass is 9.86. The van der Waals surface area contributed by atoms with E-state index in [1.165, 1.54) is 5.56 Å². The van der Waals surface area contributed by atoms with Crippen molar-refractivity contribution >= 4 is 17.7 Å². The van der Waals surface area contributed by atoms with Gasteiger partial charge in [-0.1, -0.05) is 51.1 Å². The first-order valence-corrected chi connectivity index (χ1v) is 7.69. The fraction of sp³-hybridized carbons (Fsp3) is 0.200. The van der Waals surface area contributed by atoms with Crippen molar-refractivity contribution < 1.29 is 4.79 Å². The van der Waals surface area contributed by atoms with Crippen LogP contribution in [0.25, 0.3) is 11.8 Å². The van der Waals surface area contributed by atoms with E-state index in [0.717, 1.165) is 16.8 Å². The number of carbonyl (C=O) groups is 1. The van der Waals surface area contributed by atoms with Gasteiger partial charge in [-0.3, -0.25) is 9.78 Å². The van der Waals surface area contributed by atoms with E-state index in [2.05, 4.69) is 55.3 Å². The molecule has 0 bridgehead atoms. The number of carbonyl (C=O) groups excluding carboxylic acids is 1. The molecular weight excluding hydrogens is 284 g/mol. The molecule has 1 amide bonds. The fourth-order valence-corrected chi connectivity index (χ4v) is 2.51. The molecule has 0 radical (unpaired) electrons. The van der Waals surface area contributed by atoms with Gasteiger partial charge in [0.2, 0.25) is 0 Å². The van der Waals surface area contributed by atoms with Gasteiger partial charge in [-0.05, 0) is 40.3 Å². The lowest BCUT2D eigenvalue weighted by Gasteiger charge is -2.19. The SMILES string of the molecule is CC(C)(C)c1ccc(C2=CC(=Cc3cccnc3)C(=O)N2)cc1. The van der Waals surface area contributed by atoms with E-state index in [-0.39, 0.29) is 11.3 Å². The summed E-state index contributed by atoms with van der Waals surface area (Å²) in [6, 6.07) is 12.1. The predicted molar refractivity (Wildman–Crippen MR) is 93.5 cm³/mol. The van der Waals surface area contributed by atoms with Gasteiger partial charge < -0.3 is 5.32 Å². The summed E-state index contributed by atoms with van der Waals surface area (Å²) < 4.78 is 0. The van der Waals surface area contributed by atoms with E-state index in [0.29, 0.717) is 5.57 Å². The van der Waals surface area contributed by atoms with E-state index in [4.69, 9.17) is 0 Å². The van der Waals surface area contributed by atoms with Crippen LogP contribution in [0.1, 0.15) is 37.5 Å². The molecular formula is C20H20N2O. The Kier molecular flexibility index (Phi) is 3.87. The van der Waals surface area contributed by atoms with Crippen LogP contribution in [0.5, 0.6) is 0 Å². The van der Waals surface area contributed by atoms with E-state index < -0.39 is 0 Å². The molecule has 2 heterocycles. The first kappa shape index (κ1) is 15.2. The van der Waals surface area contributed by atoms with Crippen LogP contribution in [-0.2, 0) is 10.2 Å². The number of amides is 1. The van der Waals surface area contributed by atoms with Gasteiger partial charge in [0.15, 0.2) is 0 Å². The second kappa shape index (κ2) is 5.84. The van der Waals surface area contributed by atoms with Crippen LogP contribution in [0.4, 0.5) is 0 Å². The van der Waals surface area contributed by atoms with Gasteiger partial charge in [0.05, 0.1) is 0 Å². The normalized spacial score (nSPS) is 16.4. The summed E-state index contributed by atoms with van der Waals surface area (Å²) in [5, 5.41) is 2.93. The molecule has 1 aromatic heterocycles. The van der Waals surface area contributed by atoms with Crippen LogP contribution in [0.15, 0.2) is 60.4 Å². The maximum atomic E-state index is 12.1. The van der Waals surface area contributed by atoms with Crippen molar-refractivity contribution in [2.45, 2.75) is 26.2 Å². The van der Waals surface area contributed by atoms with Gasteiger partial charge in [0.25, 0.3) is 5.91 Å². The first-order valence-electron chi connectivity index (χ1n) is 7.69. The van der Waals surface area contributed by atoms with Crippen LogP contribution < -0.4 is 5.32 Å². The Morgan fingerprint density at radius 3 is 2.43 bits per heavy atom. The molecule has 0 aliphatic carbocycles. The highest BCUT2D eigenvalue weighted by molar-refractivity contribution is 6.10. The molecule has 3 nitrogen and oxygen atoms in total. The third-order valence-corrected chi connectivity index (χ3v) is 3.88. The summed E-state index contributed by atoms with van der Waals surface area (Å²) in [5.41, 5.74) is 4.81. The molecule has 3 heteroatoms. The summed E-state index contributed by atoms with van der Waals surface area (Å²) in [6.07, 6.45) is 7.19. The van der Waals surface area contributed by atoms with Crippen LogP contribution in [0, 0.1) is 0 Å². The van der Waals surface area contributed by atoms with Crippen molar-refractivity contribution in [2.75, 3.05) is 0 Å². The number of rotatable bonds is 2. The van der Waals surface area contributed by atoms with Crippen molar-refractivity contribution in [2.24, 2.45) is 0 Å². The number of hydrogen-bond donors (Lipinski definition) is 1. The van der Waals surface area contributed by atoms with Crippen molar-refractivity contribution in [3.05, 3.63) is 77.1 Å². The molecule has 3 rings (SSSR count). The van der Waals surface area contributed by atoms with Crippen LogP contribution >= 0.6 is 0 Å². The maximum absolute atomic E-state index is 12.1. The number of nitrogens with one attached hydrogen (secondary N) is 1. The second-order valence-electron chi connectivity index (χ2n) is 6.73. The minimum absolute atomic E-state index is 0.0799. The lowest BCUT2D eigenvalue weighted by molar-refractivity contribution is -0.115. The molecule has 0 spiro atoms. The predicted octanol–water partition coefficient (Wildman–Crippen LogP) is 3.93. The van der Waals surface area contributed by atoms with Crippen LogP contribution in [0.2, 0.25) is 0 Å². The van der Waals surface area contributed by atoms with E-state index in [9.17, 15) is 4.79 Å². The zero-order valence-corrected chi connectivity index (χ0v) is 13.6. The summed E-state index contributed by atoms with van der Waals surface area (Å²) in [4.78, 5) is 16.2. The number of aromatic nitrogens is 1. The Morgan fingerprint density at radius 1 is 1.09 bits per heavy atom. The molecule has 116 valence electrons. The van der Waals surface area contributed by atoms with Gasteiger partial charge in [-0.25, -0.2) is 0 Å². The topological polar surface area (TPSA) is 42.0 Å². The van der Waals surface area contributed by atoms with Gasteiger partial charge >= 0.3 is 0 Å². The highest BCUT2D eigenvalue weighted by Gasteiger charge is 2.20. The Balaban J connectivity index is 1.88. The number of pyridine rings is 1. The molecule has 0 atom stereocenters. The average Bonchev–Trinajstić information content (AvgIpc) is 2.89. The Hall–Kier alpha value is -2.68. The van der Waals surface area contributed by atoms with E-state index >= 15 is 0 Å². The summed E-state index contributed by atoms with van der Waals surface area (Å²) in [7, 11) is 0. The maximum Gasteiger partial charge on any atom is 0.255 e. The first-order chi connectivity index (χ1) is 10.9. The zero-order valence-electron chi connectivity index (χ0n) is 13.6. The fourth-order valence-electron chi connectivity index (χ4n) is 2.51. The average molecular weight is 304 g/mol. The number of benzene rings is 1. The molecule has 23 heavy (non-hydrogen) atoms. The Morgan fingerprint density at radius 2 is 1.83 bits per heavy atom. The minimum Gasteiger partial charge on any atom is -0.321 e. The van der Waals surface area contributed by atoms with Crippen LogP contribution in [0.3, 0.4) is 0 Å². The zero-order chi connectivity index (χ0) is 16.4. The Bertz CT molecular complexity index is 779. The third-order valence-electron chi connectivity index (χ3n) is 3.88. The van der Waals surface area contributed by atoms with Crippen molar-refractivity contribution in [1.29, 1.82) is 0 Å². The van der Waals surface area contributed by atoms with Gasteiger partial charge in [-0.2, -0.15) is 0 Å². The minimum atomic E-state index is -0.0799. The number of hydrogen-bond acceptors (Lipinski definition) is 2. The highest BCUT2D eigenvalue weighted by atomic mass is 16.1. The molecule has 1 N–H and O–H groups in total. The van der Waals surface area contributed by atoms with Crippen molar-refractivity contribution in [3.63, 3.8) is 0 Å². The summed E-state index contributed by atoms with van der Waals surface area (Å²) in [5.74, 6) is -0.0799. The van der Waals surface area contributed by atoms with Crippen LogP contribution in [-0.4, -0.2) is 10.9 Å². The molecule has 0 saturated heterocycles. The van der Waals surface area contributed by atoms with E-state index in [1.54, 1.807) is 12.4 Å². The number of nitrogens with zero attached hydrogens (tertiary/aromatic N) is 1. The molecule has 1 aliphatic rings. The largest absolute Gasteiger partial charge is 0.321 e. The summed E-state index contributed by atoms with van der Waals surface area (Å²) >= 11 is 0. The molecule has 0 saturated carbocycles. The molecule has 1 aliphatic heterocycles. The smallest absolute Gasteiger partial charge is 0.255 e. The van der Waals surface area contributed by atoms with E-state index in [1.807, 2.05) is 24.3 Å². The summed E-state index contributed by atoms with van der Waals surface area (Å²) in [6.45, 7) is 6.56. The second-order valence-corrected chi connectivity index (χ2v) is 6.73. The Labute approximate surface area is 136 Å². The monoisotopic (exact) mass is 304 g/mol. The molecule has 2 aromatic rings. The molecule has 1 aromatic carbocycles. The third kappa shape index (κ3) is 3.39. The standard InChI is InChI=1S/C20H20N2O/c1-20(2,3)17-8-6-15(7-9-17)18-12-16(19(23)22-18)11-14-5-4-10-21-13-14/h4-13H,1-3H3,(H,22,23). The van der Waals surface area contributed by atoms with Gasteiger partial charge in [0, 0.05) is 23.7 Å². The molecule has 0 unspecified atom stereocenters. The quantitative estimate of drug-likeness (QED) is 0.854. The van der Waals surface area contributed by atoms with Gasteiger partial charge in [0.1, 0.15) is 0 Å². The lowest BCUT2D eigenvalue weighted by Crippen LogP contribution is -2.16. The molecule has 0 fully saturated rings. The van der Waals surface area contributed by atoms with Crippen molar-refractivity contribution in [3.8, 4) is 0 Å². The van der Waals surface area contributed by atoms with Crippen molar-refractivity contribution in [1.82, 2.24) is 10.3 Å². The van der Waals surface area contributed by atoms with Gasteiger partial charge in [-0.15, -0.1) is 0 Å². The highest BCUT2D eigenvalue weighted by Crippen LogP contribution is 2.26.